The Morgan fingerprint density at radius 3 is 2.45 bits per heavy atom. The van der Waals surface area contributed by atoms with Crippen molar-refractivity contribution in [3.05, 3.63) is 94.1 Å². The first kappa shape index (κ1) is 34.7. The number of halogens is 1. The van der Waals surface area contributed by atoms with Crippen LogP contribution in [-0.4, -0.2) is 71.9 Å². The fourth-order valence-corrected chi connectivity index (χ4v) is 6.32. The Kier molecular flexibility index (Phi) is 11.4. The van der Waals surface area contributed by atoms with Crippen molar-refractivity contribution in [2.75, 3.05) is 27.4 Å². The smallest absolute Gasteiger partial charge is 0.410 e. The van der Waals surface area contributed by atoms with Crippen molar-refractivity contribution in [3.63, 3.8) is 0 Å². The van der Waals surface area contributed by atoms with Crippen LogP contribution in [0.2, 0.25) is 5.02 Å². The van der Waals surface area contributed by atoms with Crippen molar-refractivity contribution in [2.24, 2.45) is 5.92 Å². The molecule has 2 aromatic carbocycles. The number of hydrogen-bond donors (Lipinski definition) is 0. The van der Waals surface area contributed by atoms with Gasteiger partial charge in [0, 0.05) is 50.6 Å². The summed E-state index contributed by atoms with van der Waals surface area (Å²) in [5, 5.41) is 0.609. The molecule has 1 aromatic heterocycles. The van der Waals surface area contributed by atoms with Crippen LogP contribution in [0.1, 0.15) is 68.3 Å². The van der Waals surface area contributed by atoms with Gasteiger partial charge in [-0.2, -0.15) is 0 Å². The van der Waals surface area contributed by atoms with Gasteiger partial charge in [-0.1, -0.05) is 54.1 Å². The molecule has 0 bridgehead atoms. The highest BCUT2D eigenvalue weighted by Gasteiger charge is 2.49. The second kappa shape index (κ2) is 15.5. The number of piperidine rings is 1. The van der Waals surface area contributed by atoms with Gasteiger partial charge >= 0.3 is 6.09 Å². The largest absolute Gasteiger partial charge is 0.473 e. The van der Waals surface area contributed by atoms with Gasteiger partial charge in [0.15, 0.2) is 0 Å². The molecule has 2 heterocycles. The van der Waals surface area contributed by atoms with Crippen LogP contribution in [0.25, 0.3) is 0 Å². The summed E-state index contributed by atoms with van der Waals surface area (Å²) >= 11 is 6.70. The minimum atomic E-state index is -0.716. The third kappa shape index (κ3) is 9.03. The molecule has 1 saturated heterocycles. The van der Waals surface area contributed by atoms with E-state index in [4.69, 9.17) is 30.5 Å². The molecule has 3 atom stereocenters. The van der Waals surface area contributed by atoms with Gasteiger partial charge in [-0.3, -0.25) is 4.79 Å². The first-order chi connectivity index (χ1) is 22.6. The van der Waals surface area contributed by atoms with E-state index >= 15 is 0 Å². The Bertz CT molecular complexity index is 1510. The summed E-state index contributed by atoms with van der Waals surface area (Å²) in [4.78, 5) is 36.8. The molecule has 10 heteroatoms. The number of methoxy groups -OCH3 is 2. The van der Waals surface area contributed by atoms with E-state index in [0.717, 1.165) is 41.5 Å². The van der Waals surface area contributed by atoms with Crippen molar-refractivity contribution >= 4 is 23.6 Å². The number of likely N-dealkylation sites (tertiary alicyclic amines) is 1. The number of carbonyl (C=O) groups is 2. The van der Waals surface area contributed by atoms with Gasteiger partial charge in [-0.25, -0.2) is 9.78 Å². The SMILES string of the molecule is COCCc1ccc(Cl)c(CN(C(=O)C2C(OC)CCN(C(=O)OC(C)(C)C)C2c2ccnc(OCc3ccccc3)c2)C2CC2)c1. The summed E-state index contributed by atoms with van der Waals surface area (Å²) < 4.78 is 23.3. The number of hydrogen-bond acceptors (Lipinski definition) is 7. The molecule has 1 aliphatic carbocycles. The van der Waals surface area contributed by atoms with E-state index in [1.165, 1.54) is 0 Å². The standard InChI is InChI=1S/C37H46ClN3O6/c1-37(2,3)47-36(43)40-19-16-31(45-5)33(34(40)27-15-18-39-32(22-27)46-24-26-9-7-6-8-10-26)35(42)41(29-12-13-29)23-28-21-25(17-20-44-4)11-14-30(28)38/h6-11,14-15,18,21-22,29,31,33-34H,12-13,16-17,19-20,23-24H2,1-5H3. The maximum Gasteiger partial charge on any atom is 0.410 e. The van der Waals surface area contributed by atoms with Gasteiger partial charge in [0.05, 0.1) is 24.7 Å². The maximum atomic E-state index is 14.9. The number of carbonyl (C=O) groups excluding carboxylic acids is 2. The summed E-state index contributed by atoms with van der Waals surface area (Å²) in [6.07, 6.45) is 3.79. The van der Waals surface area contributed by atoms with E-state index in [2.05, 4.69) is 11.1 Å². The Hall–Kier alpha value is -3.66. The Morgan fingerprint density at radius 2 is 1.77 bits per heavy atom. The second-order valence-electron chi connectivity index (χ2n) is 13.3. The number of amides is 2. The molecule has 0 radical (unpaired) electrons. The highest BCUT2D eigenvalue weighted by molar-refractivity contribution is 6.31. The molecule has 2 aliphatic rings. The topological polar surface area (TPSA) is 90.4 Å². The number of nitrogens with zero attached hydrogens (tertiary/aromatic N) is 3. The lowest BCUT2D eigenvalue weighted by Gasteiger charge is -2.46. The van der Waals surface area contributed by atoms with E-state index in [1.54, 1.807) is 25.3 Å². The molecule has 5 rings (SSSR count). The number of benzene rings is 2. The van der Waals surface area contributed by atoms with Crippen LogP contribution < -0.4 is 4.74 Å². The molecule has 47 heavy (non-hydrogen) atoms. The monoisotopic (exact) mass is 663 g/mol. The van der Waals surface area contributed by atoms with Crippen LogP contribution in [0.5, 0.6) is 5.88 Å². The lowest BCUT2D eigenvalue weighted by molar-refractivity contribution is -0.149. The van der Waals surface area contributed by atoms with Crippen molar-refractivity contribution < 1.29 is 28.5 Å². The summed E-state index contributed by atoms with van der Waals surface area (Å²) in [6, 6.07) is 18.8. The quantitative estimate of drug-likeness (QED) is 0.206. The molecular weight excluding hydrogens is 618 g/mol. The van der Waals surface area contributed by atoms with Crippen molar-refractivity contribution in [3.8, 4) is 5.88 Å². The highest BCUT2D eigenvalue weighted by atomic mass is 35.5. The molecule has 1 saturated carbocycles. The maximum absolute atomic E-state index is 14.9. The lowest BCUT2D eigenvalue weighted by atomic mass is 9.81. The Morgan fingerprint density at radius 1 is 1.00 bits per heavy atom. The van der Waals surface area contributed by atoms with Crippen LogP contribution in [0.15, 0.2) is 66.9 Å². The Labute approximate surface area is 283 Å². The van der Waals surface area contributed by atoms with E-state index in [9.17, 15) is 9.59 Å². The third-order valence-corrected chi connectivity index (χ3v) is 8.96. The second-order valence-corrected chi connectivity index (χ2v) is 13.7. The molecule has 0 N–H and O–H groups in total. The number of pyridine rings is 1. The molecule has 2 fully saturated rings. The van der Waals surface area contributed by atoms with Crippen molar-refractivity contribution in [1.29, 1.82) is 0 Å². The van der Waals surface area contributed by atoms with Crippen LogP contribution in [0.3, 0.4) is 0 Å². The molecule has 252 valence electrons. The fraction of sp³-hybridized carbons (Fsp3) is 0.486. The van der Waals surface area contributed by atoms with Crippen molar-refractivity contribution in [2.45, 2.75) is 83.4 Å². The van der Waals surface area contributed by atoms with Crippen molar-refractivity contribution in [1.82, 2.24) is 14.8 Å². The van der Waals surface area contributed by atoms with Crippen LogP contribution in [-0.2, 0) is 38.6 Å². The molecule has 3 aromatic rings. The van der Waals surface area contributed by atoms with Crippen LogP contribution in [0.4, 0.5) is 4.79 Å². The fourth-order valence-electron chi connectivity index (χ4n) is 6.15. The van der Waals surface area contributed by atoms with E-state index in [1.807, 2.05) is 80.3 Å². The van der Waals surface area contributed by atoms with Gasteiger partial charge in [0.25, 0.3) is 0 Å². The third-order valence-electron chi connectivity index (χ3n) is 8.59. The van der Waals surface area contributed by atoms with E-state index in [0.29, 0.717) is 43.6 Å². The first-order valence-corrected chi connectivity index (χ1v) is 16.7. The van der Waals surface area contributed by atoms with Gasteiger partial charge in [-0.05, 0) is 80.8 Å². The predicted octanol–water partition coefficient (Wildman–Crippen LogP) is 7.01. The molecular formula is C37H46ClN3O6. The van der Waals surface area contributed by atoms with Gasteiger partial charge < -0.3 is 28.7 Å². The predicted molar refractivity (Wildman–Crippen MR) is 180 cm³/mol. The summed E-state index contributed by atoms with van der Waals surface area (Å²) in [6.45, 7) is 7.16. The van der Waals surface area contributed by atoms with Crippen LogP contribution in [0, 0.1) is 5.92 Å². The molecule has 1 aliphatic heterocycles. The average Bonchev–Trinajstić information content (AvgIpc) is 3.90. The molecule has 3 unspecified atom stereocenters. The molecule has 0 spiro atoms. The number of ether oxygens (including phenoxy) is 4. The van der Waals surface area contributed by atoms with E-state index in [-0.39, 0.29) is 11.9 Å². The summed E-state index contributed by atoms with van der Waals surface area (Å²) in [5.74, 6) is -0.388. The zero-order chi connectivity index (χ0) is 33.6. The number of aromatic nitrogens is 1. The molecule has 2 amide bonds. The average molecular weight is 664 g/mol. The zero-order valence-corrected chi connectivity index (χ0v) is 28.7. The lowest BCUT2D eigenvalue weighted by Crippen LogP contribution is -2.55. The number of rotatable bonds is 12. The summed E-state index contributed by atoms with van der Waals surface area (Å²) in [7, 11) is 3.31. The minimum absolute atomic E-state index is 0.0819. The van der Waals surface area contributed by atoms with Gasteiger partial charge in [-0.15, -0.1) is 0 Å². The minimum Gasteiger partial charge on any atom is -0.473 e. The van der Waals surface area contributed by atoms with Crippen LogP contribution >= 0.6 is 11.6 Å². The van der Waals surface area contributed by atoms with E-state index < -0.39 is 29.8 Å². The zero-order valence-electron chi connectivity index (χ0n) is 28.0. The highest BCUT2D eigenvalue weighted by Crippen LogP contribution is 2.42. The van der Waals surface area contributed by atoms with Gasteiger partial charge in [0.1, 0.15) is 12.2 Å². The summed E-state index contributed by atoms with van der Waals surface area (Å²) in [5.41, 5.74) is 2.99. The molecule has 9 nitrogen and oxygen atoms in total. The first-order valence-electron chi connectivity index (χ1n) is 16.3. The Balaban J connectivity index is 1.50. The van der Waals surface area contributed by atoms with Gasteiger partial charge in [0.2, 0.25) is 11.8 Å². The normalized spacial score (nSPS) is 19.7.